The summed E-state index contributed by atoms with van der Waals surface area (Å²) in [7, 11) is 0. The van der Waals surface area contributed by atoms with Gasteiger partial charge in [0.25, 0.3) is 0 Å². The van der Waals surface area contributed by atoms with Gasteiger partial charge in [0.05, 0.1) is 0 Å². The highest BCUT2D eigenvalue weighted by Crippen LogP contribution is 2.42. The molecule has 0 aliphatic heterocycles. The van der Waals surface area contributed by atoms with E-state index in [1.807, 2.05) is 18.2 Å². The molecule has 1 unspecified atom stereocenters. The van der Waals surface area contributed by atoms with Crippen LogP contribution in [0.25, 0.3) is 0 Å². The van der Waals surface area contributed by atoms with Crippen LogP contribution in [0.5, 0.6) is 0 Å². The molecule has 0 spiro atoms. The van der Waals surface area contributed by atoms with Gasteiger partial charge in [0, 0.05) is 14.9 Å². The molecule has 1 atom stereocenters. The van der Waals surface area contributed by atoms with Gasteiger partial charge in [0.15, 0.2) is 0 Å². The van der Waals surface area contributed by atoms with Crippen molar-refractivity contribution >= 4 is 39.1 Å². The average molecular weight is 322 g/mol. The summed E-state index contributed by atoms with van der Waals surface area (Å²) < 4.78 is 0. The lowest BCUT2D eigenvalue weighted by Crippen LogP contribution is -2.12. The van der Waals surface area contributed by atoms with Crippen LogP contribution in [0.1, 0.15) is 42.5 Å². The van der Waals surface area contributed by atoms with Gasteiger partial charge >= 0.3 is 0 Å². The topological polar surface area (TPSA) is 0 Å². The van der Waals surface area contributed by atoms with Crippen molar-refractivity contribution in [2.24, 2.45) is 5.92 Å². The minimum atomic E-state index is 0.373. The highest BCUT2D eigenvalue weighted by molar-refractivity contribution is 9.09. The van der Waals surface area contributed by atoms with E-state index in [0.717, 1.165) is 5.02 Å². The molecule has 0 N–H and O–H groups in total. The predicted octanol–water partition coefficient (Wildman–Crippen LogP) is 6.01. The van der Waals surface area contributed by atoms with Crippen molar-refractivity contribution in [2.75, 3.05) is 0 Å². The fourth-order valence-electron chi connectivity index (χ4n) is 2.41. The van der Waals surface area contributed by atoms with Gasteiger partial charge in [-0.1, -0.05) is 64.5 Å². The highest BCUT2D eigenvalue weighted by Gasteiger charge is 2.24. The minimum Gasteiger partial charge on any atom is -0.0843 e. The normalized spacial score (nSPS) is 19.7. The smallest absolute Gasteiger partial charge is 0.0464 e. The van der Waals surface area contributed by atoms with E-state index in [0.29, 0.717) is 15.8 Å². The Morgan fingerprint density at radius 1 is 1.12 bits per heavy atom. The third-order valence-corrected chi connectivity index (χ3v) is 5.13. The monoisotopic (exact) mass is 320 g/mol. The summed E-state index contributed by atoms with van der Waals surface area (Å²) in [5.41, 5.74) is 1.18. The molecule has 1 aromatic rings. The van der Waals surface area contributed by atoms with Crippen molar-refractivity contribution < 1.29 is 0 Å². The number of halogens is 3. The largest absolute Gasteiger partial charge is 0.0843 e. The molecule has 0 radical (unpaired) electrons. The first-order valence-electron chi connectivity index (χ1n) is 5.77. The molecule has 1 aliphatic carbocycles. The molecule has 1 aromatic carbocycles. The maximum atomic E-state index is 6.23. The molecule has 88 valence electrons. The number of benzene rings is 1. The van der Waals surface area contributed by atoms with E-state index in [9.17, 15) is 0 Å². The number of alkyl halides is 1. The Morgan fingerprint density at radius 3 is 2.44 bits per heavy atom. The van der Waals surface area contributed by atoms with Crippen LogP contribution in [0, 0.1) is 5.92 Å². The quantitative estimate of drug-likeness (QED) is 0.585. The first kappa shape index (κ1) is 12.7. The van der Waals surface area contributed by atoms with Gasteiger partial charge < -0.3 is 0 Å². The Kier molecular flexibility index (Phi) is 4.57. The first-order chi connectivity index (χ1) is 7.68. The Labute approximate surface area is 115 Å². The van der Waals surface area contributed by atoms with Crippen LogP contribution in [-0.2, 0) is 0 Å². The van der Waals surface area contributed by atoms with E-state index >= 15 is 0 Å². The van der Waals surface area contributed by atoms with Crippen molar-refractivity contribution in [2.45, 2.75) is 36.9 Å². The molecule has 1 aliphatic rings. The lowest BCUT2D eigenvalue weighted by molar-refractivity contribution is 0.354. The molecule has 0 saturated heterocycles. The van der Waals surface area contributed by atoms with Crippen LogP contribution in [-0.4, -0.2) is 0 Å². The van der Waals surface area contributed by atoms with Crippen LogP contribution in [0.3, 0.4) is 0 Å². The van der Waals surface area contributed by atoms with E-state index in [4.69, 9.17) is 23.2 Å². The number of hydrogen-bond acceptors (Lipinski definition) is 0. The summed E-state index contributed by atoms with van der Waals surface area (Å²) in [5.74, 6) is 0.715. The highest BCUT2D eigenvalue weighted by atomic mass is 79.9. The molecule has 2 rings (SSSR count). The van der Waals surface area contributed by atoms with Gasteiger partial charge in [-0.3, -0.25) is 0 Å². The Hall–Kier alpha value is 0.280. The summed E-state index contributed by atoms with van der Waals surface area (Å²) in [5, 5.41) is 1.48. The Balaban J connectivity index is 2.15. The molecule has 3 heteroatoms. The molecule has 0 aromatic heterocycles. The Bertz CT molecular complexity index is 359. The zero-order chi connectivity index (χ0) is 11.5. The van der Waals surface area contributed by atoms with Gasteiger partial charge in [-0.05, 0) is 36.5 Å². The van der Waals surface area contributed by atoms with Crippen molar-refractivity contribution in [1.82, 2.24) is 0 Å². The Morgan fingerprint density at radius 2 is 1.81 bits per heavy atom. The fraction of sp³-hybridized carbons (Fsp3) is 0.538. The maximum Gasteiger partial charge on any atom is 0.0464 e. The van der Waals surface area contributed by atoms with Crippen molar-refractivity contribution in [3.63, 3.8) is 0 Å². The molecule has 0 nitrogen and oxygen atoms in total. The lowest BCUT2D eigenvalue weighted by Gasteiger charge is -2.27. The van der Waals surface area contributed by atoms with Crippen molar-refractivity contribution in [3.05, 3.63) is 33.8 Å². The zero-order valence-electron chi connectivity index (χ0n) is 9.06. The zero-order valence-corrected chi connectivity index (χ0v) is 12.2. The standard InChI is InChI=1S/C13H15BrCl2/c14-13(9-4-2-1-3-5-9)11-7-6-10(15)8-12(11)16/h6-9,13H,1-5H2. The third-order valence-electron chi connectivity index (χ3n) is 3.32. The van der Waals surface area contributed by atoms with Crippen LogP contribution in [0.4, 0.5) is 0 Å². The second kappa shape index (κ2) is 5.75. The molecular formula is C13H15BrCl2. The van der Waals surface area contributed by atoms with Gasteiger partial charge in [0.2, 0.25) is 0 Å². The van der Waals surface area contributed by atoms with E-state index in [1.165, 1.54) is 37.7 Å². The molecule has 0 bridgehead atoms. The average Bonchev–Trinajstić information content (AvgIpc) is 2.29. The van der Waals surface area contributed by atoms with Crippen LogP contribution in [0.2, 0.25) is 10.0 Å². The van der Waals surface area contributed by atoms with Gasteiger partial charge in [-0.25, -0.2) is 0 Å². The van der Waals surface area contributed by atoms with E-state index in [2.05, 4.69) is 15.9 Å². The summed E-state index contributed by atoms with van der Waals surface area (Å²) >= 11 is 15.9. The van der Waals surface area contributed by atoms with Crippen LogP contribution < -0.4 is 0 Å². The molecule has 0 amide bonds. The second-order valence-corrected chi connectivity index (χ2v) is 6.30. The number of hydrogen-bond donors (Lipinski definition) is 0. The molecule has 1 fully saturated rings. The second-order valence-electron chi connectivity index (χ2n) is 4.47. The third kappa shape index (κ3) is 2.94. The first-order valence-corrected chi connectivity index (χ1v) is 7.44. The number of rotatable bonds is 2. The van der Waals surface area contributed by atoms with E-state index in [1.54, 1.807) is 0 Å². The fourth-order valence-corrected chi connectivity index (χ4v) is 3.99. The lowest BCUT2D eigenvalue weighted by atomic mass is 9.85. The van der Waals surface area contributed by atoms with Crippen LogP contribution in [0.15, 0.2) is 18.2 Å². The summed E-state index contributed by atoms with van der Waals surface area (Å²) in [6.45, 7) is 0. The molecule has 1 saturated carbocycles. The predicted molar refractivity (Wildman–Crippen MR) is 74.7 cm³/mol. The summed E-state index contributed by atoms with van der Waals surface area (Å²) in [4.78, 5) is 0.373. The van der Waals surface area contributed by atoms with Gasteiger partial charge in [-0.2, -0.15) is 0 Å². The van der Waals surface area contributed by atoms with Gasteiger partial charge in [0.1, 0.15) is 0 Å². The molecular weight excluding hydrogens is 307 g/mol. The molecule has 16 heavy (non-hydrogen) atoms. The van der Waals surface area contributed by atoms with E-state index in [-0.39, 0.29) is 0 Å². The van der Waals surface area contributed by atoms with Crippen LogP contribution >= 0.6 is 39.1 Å². The molecule has 0 heterocycles. The SMILES string of the molecule is Clc1ccc(C(Br)C2CCCCC2)c(Cl)c1. The summed E-state index contributed by atoms with van der Waals surface area (Å²) in [6.07, 6.45) is 6.67. The van der Waals surface area contributed by atoms with Crippen molar-refractivity contribution in [1.29, 1.82) is 0 Å². The maximum absolute atomic E-state index is 6.23. The van der Waals surface area contributed by atoms with E-state index < -0.39 is 0 Å². The van der Waals surface area contributed by atoms with Gasteiger partial charge in [-0.15, -0.1) is 0 Å². The minimum absolute atomic E-state index is 0.373. The summed E-state index contributed by atoms with van der Waals surface area (Å²) in [6, 6.07) is 5.79. The van der Waals surface area contributed by atoms with Crippen molar-refractivity contribution in [3.8, 4) is 0 Å².